The van der Waals surface area contributed by atoms with Gasteiger partial charge in [0.25, 0.3) is 0 Å². The molecule has 2 heterocycles. The van der Waals surface area contributed by atoms with Crippen LogP contribution < -0.4 is 14.2 Å². The largest absolute Gasteiger partial charge is 0.496 e. The monoisotopic (exact) mass is 799 g/mol. The minimum atomic E-state index is 0. The van der Waals surface area contributed by atoms with Gasteiger partial charge < -0.3 is 18.9 Å². The quantitative estimate of drug-likeness (QED) is 0.0995. The van der Waals surface area contributed by atoms with Crippen molar-refractivity contribution < 1.29 is 18.9 Å². The van der Waals surface area contributed by atoms with E-state index in [0.29, 0.717) is 43.0 Å². The van der Waals surface area contributed by atoms with E-state index >= 15 is 0 Å². The van der Waals surface area contributed by atoms with Crippen molar-refractivity contribution in [2.45, 2.75) is 34.6 Å². The van der Waals surface area contributed by atoms with E-state index in [1.54, 1.807) is 14.2 Å². The third-order valence-corrected chi connectivity index (χ3v) is 9.17. The van der Waals surface area contributed by atoms with E-state index in [-0.39, 0.29) is 14.9 Å². The number of rotatable bonds is 14. The highest BCUT2D eigenvalue weighted by Gasteiger charge is 2.17. The zero-order valence-corrected chi connectivity index (χ0v) is 32.9. The first-order valence-corrected chi connectivity index (χ1v) is 19.4. The van der Waals surface area contributed by atoms with E-state index in [1.165, 1.54) is 0 Å². The van der Waals surface area contributed by atoms with Crippen LogP contribution in [0.1, 0.15) is 34.6 Å². The maximum Gasteiger partial charge on any atom is 0.167 e. The Labute approximate surface area is 354 Å². The van der Waals surface area contributed by atoms with Crippen LogP contribution in [0.2, 0.25) is 0 Å². The number of aromatic nitrogens is 5. The number of ether oxygens (including phenoxy) is 4. The summed E-state index contributed by atoms with van der Waals surface area (Å²) in [6, 6.07) is 51.7. The van der Waals surface area contributed by atoms with E-state index < -0.39 is 0 Å². The first-order chi connectivity index (χ1) is 28.6. The van der Waals surface area contributed by atoms with Crippen molar-refractivity contribution >= 4 is 11.0 Å². The Kier molecular flexibility index (Phi) is 16.4. The van der Waals surface area contributed by atoms with Gasteiger partial charge in [-0.15, -0.1) is 0 Å². The van der Waals surface area contributed by atoms with Crippen LogP contribution in [-0.2, 0) is 4.74 Å². The molecular weight excluding hydrogens is 747 g/mol. The number of benzene rings is 6. The highest BCUT2D eigenvalue weighted by molar-refractivity contribution is 5.86. The van der Waals surface area contributed by atoms with Gasteiger partial charge in [0.2, 0.25) is 0 Å². The Bertz CT molecular complexity index is 2460. The molecule has 8 rings (SSSR count). The summed E-state index contributed by atoms with van der Waals surface area (Å²) in [5.41, 5.74) is 8.13. The molecule has 0 unspecified atom stereocenters. The fourth-order valence-electron chi connectivity index (χ4n) is 6.17. The van der Waals surface area contributed by atoms with Gasteiger partial charge in [0.15, 0.2) is 17.5 Å². The number of hydrogen-bond donors (Lipinski definition) is 0. The van der Waals surface area contributed by atoms with Gasteiger partial charge in [-0.25, -0.2) is 24.9 Å². The van der Waals surface area contributed by atoms with Crippen molar-refractivity contribution in [2.24, 2.45) is 0 Å². The van der Waals surface area contributed by atoms with Crippen LogP contribution in [0.3, 0.4) is 0 Å². The van der Waals surface area contributed by atoms with Gasteiger partial charge >= 0.3 is 0 Å². The number of methoxy groups -OCH3 is 2. The van der Waals surface area contributed by atoms with E-state index in [1.807, 2.05) is 133 Å². The molecule has 0 N–H and O–H groups in total. The third kappa shape index (κ3) is 11.2. The highest BCUT2D eigenvalue weighted by atomic mass is 16.5. The average molecular weight is 800 g/mol. The Morgan fingerprint density at radius 2 is 0.900 bits per heavy atom. The highest BCUT2D eigenvalue weighted by Crippen LogP contribution is 2.34. The summed E-state index contributed by atoms with van der Waals surface area (Å²) in [6.07, 6.45) is 2.10. The Hall–Kier alpha value is -6.97. The van der Waals surface area contributed by atoms with Gasteiger partial charge in [0, 0.05) is 41.5 Å². The summed E-state index contributed by atoms with van der Waals surface area (Å²) in [4.78, 5) is 24.1. The smallest absolute Gasteiger partial charge is 0.167 e. The predicted molar refractivity (Wildman–Crippen MR) is 244 cm³/mol. The Balaban J connectivity index is 0.000000222. The molecule has 0 fully saturated rings. The molecule has 60 heavy (non-hydrogen) atoms. The molecule has 0 bridgehead atoms. The molecule has 0 aliphatic heterocycles. The van der Waals surface area contributed by atoms with Crippen molar-refractivity contribution in [2.75, 3.05) is 34.0 Å². The van der Waals surface area contributed by atoms with Crippen molar-refractivity contribution in [3.05, 3.63) is 158 Å². The van der Waals surface area contributed by atoms with Crippen molar-refractivity contribution in [3.63, 3.8) is 0 Å². The van der Waals surface area contributed by atoms with Crippen LogP contribution in [0.25, 0.3) is 67.7 Å². The van der Waals surface area contributed by atoms with Crippen LogP contribution in [-0.4, -0.2) is 59.0 Å². The summed E-state index contributed by atoms with van der Waals surface area (Å²) in [6.45, 7) is 3.87. The topological polar surface area (TPSA) is 101 Å². The van der Waals surface area contributed by atoms with Gasteiger partial charge in [-0.05, 0) is 30.7 Å². The second-order valence-corrected chi connectivity index (χ2v) is 13.2. The summed E-state index contributed by atoms with van der Waals surface area (Å²) >= 11 is 0. The lowest BCUT2D eigenvalue weighted by atomic mass is 10.0. The molecule has 0 radical (unpaired) electrons. The normalized spacial score (nSPS) is 10.4. The molecule has 0 saturated carbocycles. The minimum absolute atomic E-state index is 0. The fraction of sp³-hybridized carbons (Fsp3) is 0.196. The molecule has 6 aromatic carbocycles. The maximum atomic E-state index is 5.83. The van der Waals surface area contributed by atoms with Crippen LogP contribution in [0.15, 0.2) is 158 Å². The number of nitrogens with zero attached hydrogens (tertiary/aromatic N) is 5. The lowest BCUT2D eigenvalue weighted by Gasteiger charge is -2.13. The standard InChI is InChI=1S/C26H25N3O2.C23H20N2O2.2CH4/c1-3-4-17-31-21-15-16-22(23(18-21)30-2)26-28-24(19-11-7-5-8-12-19)27-25(29-26)20-13-9-6-10-14-20;1-26-14-15-27-19-12-13-20-21(16-19)25-23(18-10-6-3-7-11-18)22(24-20)17-8-4-2-5-9-17;;/h5-16,18H,3-4,17H2,1-2H3;2-13,16H,14-15H2,1H3;2*1H4. The van der Waals surface area contributed by atoms with E-state index in [9.17, 15) is 0 Å². The second-order valence-electron chi connectivity index (χ2n) is 13.2. The lowest BCUT2D eigenvalue weighted by Crippen LogP contribution is -2.04. The van der Waals surface area contributed by atoms with E-state index in [2.05, 4.69) is 31.2 Å². The minimum Gasteiger partial charge on any atom is -0.496 e. The van der Waals surface area contributed by atoms with Gasteiger partial charge in [-0.2, -0.15) is 0 Å². The third-order valence-electron chi connectivity index (χ3n) is 9.17. The molecule has 0 atom stereocenters. The van der Waals surface area contributed by atoms with Crippen molar-refractivity contribution in [1.82, 2.24) is 24.9 Å². The van der Waals surface area contributed by atoms with E-state index in [4.69, 9.17) is 43.9 Å². The number of unbranched alkanes of at least 4 members (excludes halogenated alkanes) is 1. The molecule has 0 spiro atoms. The zero-order valence-electron chi connectivity index (χ0n) is 32.9. The average Bonchev–Trinajstić information content (AvgIpc) is 3.30. The summed E-state index contributed by atoms with van der Waals surface area (Å²) < 4.78 is 22.3. The second kappa shape index (κ2) is 22.3. The number of fused-ring (bicyclic) bond motifs is 1. The van der Waals surface area contributed by atoms with Gasteiger partial charge in [0.1, 0.15) is 23.9 Å². The summed E-state index contributed by atoms with van der Waals surface area (Å²) in [5.74, 6) is 4.00. The van der Waals surface area contributed by atoms with Crippen LogP contribution >= 0.6 is 0 Å². The fourth-order valence-corrected chi connectivity index (χ4v) is 6.17. The lowest BCUT2D eigenvalue weighted by molar-refractivity contribution is 0.146. The molecule has 0 saturated heterocycles. The molecule has 306 valence electrons. The molecule has 8 aromatic rings. The van der Waals surface area contributed by atoms with Crippen LogP contribution in [0, 0.1) is 0 Å². The summed E-state index contributed by atoms with van der Waals surface area (Å²) in [5, 5.41) is 0. The van der Waals surface area contributed by atoms with Crippen LogP contribution in [0.5, 0.6) is 17.2 Å². The van der Waals surface area contributed by atoms with Gasteiger partial charge in [0.05, 0.1) is 48.3 Å². The molecule has 0 amide bonds. The molecule has 2 aromatic heterocycles. The first-order valence-electron chi connectivity index (χ1n) is 19.4. The van der Waals surface area contributed by atoms with Gasteiger partial charge in [-0.3, -0.25) is 0 Å². The van der Waals surface area contributed by atoms with Gasteiger partial charge in [-0.1, -0.05) is 150 Å². The SMILES string of the molecule is C.C.CCCCOc1ccc(-c2nc(-c3ccccc3)nc(-c3ccccc3)n2)c(OC)c1.COCCOc1ccc2nc(-c3ccccc3)c(-c3ccccc3)nc2c1. The number of hydrogen-bond acceptors (Lipinski definition) is 9. The first kappa shape index (κ1) is 44.1. The van der Waals surface area contributed by atoms with E-state index in [0.717, 1.165) is 74.6 Å². The molecule has 9 heteroatoms. The molecule has 0 aliphatic carbocycles. The molecule has 9 nitrogen and oxygen atoms in total. The van der Waals surface area contributed by atoms with Crippen LogP contribution in [0.4, 0.5) is 0 Å². The van der Waals surface area contributed by atoms with Crippen molar-refractivity contribution in [1.29, 1.82) is 0 Å². The Morgan fingerprint density at radius 1 is 0.433 bits per heavy atom. The maximum absolute atomic E-state index is 5.83. The predicted octanol–water partition coefficient (Wildman–Crippen LogP) is 12.3. The molecular formula is C51H53N5O4. The summed E-state index contributed by atoms with van der Waals surface area (Å²) in [7, 11) is 3.30. The molecule has 0 aliphatic rings. The van der Waals surface area contributed by atoms with Crippen molar-refractivity contribution in [3.8, 4) is 73.9 Å². The Morgan fingerprint density at radius 3 is 1.42 bits per heavy atom. The zero-order chi connectivity index (χ0) is 39.9.